The van der Waals surface area contributed by atoms with Crippen molar-refractivity contribution in [2.45, 2.75) is 37.0 Å². The molecule has 18 nitrogen and oxygen atoms in total. The number of carbonyl (C=O) groups is 6. The largest absolute Gasteiger partial charge is 0.326 e. The molecule has 12 amide bonds. The lowest BCUT2D eigenvalue weighted by Gasteiger charge is -2.41. The number of nitrogens with zero attached hydrogens (tertiary/aromatic N) is 8. The average molecular weight is 474 g/mol. The van der Waals surface area contributed by atoms with Crippen LogP contribution in [0.3, 0.4) is 0 Å². The topological polar surface area (TPSA) is 176 Å². The third-order valence-corrected chi connectivity index (χ3v) is 7.78. The van der Waals surface area contributed by atoms with Crippen LogP contribution in [0.25, 0.3) is 0 Å². The Morgan fingerprint density at radius 1 is 0.412 bits per heavy atom. The normalized spacial score (nSPS) is 38.9. The van der Waals surface area contributed by atoms with E-state index in [0.717, 1.165) is 0 Å². The number of carbonyl (C=O) groups excluding carboxylic acids is 6. The first-order valence-corrected chi connectivity index (χ1v) is 10.8. The monoisotopic (exact) mass is 474 g/mol. The highest BCUT2D eigenvalue weighted by Gasteiger charge is 2.66. The minimum absolute atomic E-state index is 0.158. The predicted molar refractivity (Wildman–Crippen MR) is 102 cm³/mol. The summed E-state index contributed by atoms with van der Waals surface area (Å²) in [6, 6.07) is -2.69. The van der Waals surface area contributed by atoms with Gasteiger partial charge < -0.3 is 21.3 Å². The van der Waals surface area contributed by atoms with Gasteiger partial charge in [-0.3, -0.25) is 39.2 Å². The van der Waals surface area contributed by atoms with Crippen LogP contribution in [0, 0.1) is 0 Å². The number of hydrogen-bond donors (Lipinski definition) is 4. The minimum atomic E-state index is -0.829. The van der Waals surface area contributed by atoms with Gasteiger partial charge in [-0.15, -0.1) is 0 Å². The summed E-state index contributed by atoms with van der Waals surface area (Å²) in [6.45, 7) is -0.631. The van der Waals surface area contributed by atoms with Crippen LogP contribution >= 0.6 is 0 Å². The zero-order valence-corrected chi connectivity index (χ0v) is 17.3. The minimum Gasteiger partial charge on any atom is -0.314 e. The second kappa shape index (κ2) is 5.39. The van der Waals surface area contributed by atoms with Gasteiger partial charge in [-0.2, -0.15) is 0 Å². The Balaban J connectivity index is 1.24. The second-order valence-electron chi connectivity index (χ2n) is 9.30. The van der Waals surface area contributed by atoms with Crippen LogP contribution in [0.15, 0.2) is 0 Å². The fourth-order valence-corrected chi connectivity index (χ4v) is 6.36. The fourth-order valence-electron chi connectivity index (χ4n) is 6.36. The van der Waals surface area contributed by atoms with E-state index in [0.29, 0.717) is 0 Å². The molecule has 8 aliphatic heterocycles. The third-order valence-electron chi connectivity index (χ3n) is 7.78. The maximum Gasteiger partial charge on any atom is 0.326 e. The lowest BCUT2D eigenvalue weighted by Crippen LogP contribution is -2.62. The first-order chi connectivity index (χ1) is 16.3. The molecule has 0 aromatic heterocycles. The van der Waals surface area contributed by atoms with Crippen LogP contribution in [0.2, 0.25) is 0 Å². The molecule has 8 saturated heterocycles. The van der Waals surface area contributed by atoms with Gasteiger partial charge in [0.2, 0.25) is 0 Å². The van der Waals surface area contributed by atoms with Crippen molar-refractivity contribution in [3.05, 3.63) is 0 Å². The average Bonchev–Trinajstić information content (AvgIpc) is 3.50. The SMILES string of the molecule is O=C1NC2NC(=O)N3CN4C(=O)N5CN6C(=O)NC7NC(=O)N(CN8C(=O)N(CN1C23)C4C85)C76. The Morgan fingerprint density at radius 3 is 0.941 bits per heavy atom. The van der Waals surface area contributed by atoms with E-state index in [-0.39, 0.29) is 26.7 Å². The molecule has 0 saturated carbocycles. The Bertz CT molecular complexity index is 970. The van der Waals surface area contributed by atoms with Crippen LogP contribution in [-0.2, 0) is 0 Å². The van der Waals surface area contributed by atoms with Crippen LogP contribution in [0.1, 0.15) is 0 Å². The summed E-state index contributed by atoms with van der Waals surface area (Å²) in [5.74, 6) is 0. The summed E-state index contributed by atoms with van der Waals surface area (Å²) < 4.78 is 0. The van der Waals surface area contributed by atoms with Gasteiger partial charge in [-0.25, -0.2) is 28.8 Å². The zero-order valence-electron chi connectivity index (χ0n) is 17.3. The predicted octanol–water partition coefficient (Wildman–Crippen LogP) is -3.62. The molecule has 34 heavy (non-hydrogen) atoms. The molecule has 0 unspecified atom stereocenters. The quantitative estimate of drug-likeness (QED) is 0.282. The molecule has 8 fully saturated rings. The van der Waals surface area contributed by atoms with E-state index in [2.05, 4.69) is 21.3 Å². The van der Waals surface area contributed by atoms with E-state index in [1.165, 1.54) is 39.2 Å². The highest BCUT2D eigenvalue weighted by Crippen LogP contribution is 2.41. The highest BCUT2D eigenvalue weighted by molar-refractivity contribution is 5.90. The van der Waals surface area contributed by atoms with Crippen LogP contribution in [0.5, 0.6) is 0 Å². The Morgan fingerprint density at radius 2 is 0.676 bits per heavy atom. The summed E-state index contributed by atoms with van der Waals surface area (Å²) in [5, 5.41) is 10.7. The number of amides is 12. The molecule has 0 aromatic carbocycles. The van der Waals surface area contributed by atoms with Crippen molar-refractivity contribution in [1.82, 2.24) is 60.5 Å². The van der Waals surface area contributed by atoms with Gasteiger partial charge in [0, 0.05) is 0 Å². The maximum atomic E-state index is 13.6. The molecule has 4 N–H and O–H groups in total. The maximum absolute atomic E-state index is 13.6. The van der Waals surface area contributed by atoms with Crippen molar-refractivity contribution >= 4 is 36.2 Å². The smallest absolute Gasteiger partial charge is 0.314 e. The Kier molecular flexibility index (Phi) is 2.87. The van der Waals surface area contributed by atoms with Gasteiger partial charge in [-0.05, 0) is 0 Å². The summed E-state index contributed by atoms with van der Waals surface area (Å²) >= 11 is 0. The van der Waals surface area contributed by atoms with E-state index in [4.69, 9.17) is 0 Å². The number of rotatable bonds is 0. The van der Waals surface area contributed by atoms with Crippen LogP contribution in [-0.4, -0.2) is 139 Å². The number of nitrogens with one attached hydrogen (secondary N) is 4. The van der Waals surface area contributed by atoms with Gasteiger partial charge in [0.15, 0.2) is 24.7 Å². The van der Waals surface area contributed by atoms with E-state index in [1.54, 1.807) is 0 Å². The van der Waals surface area contributed by atoms with E-state index in [9.17, 15) is 28.8 Å². The molecule has 0 bridgehead atoms. The summed E-state index contributed by atoms with van der Waals surface area (Å²) in [7, 11) is 0. The number of hydrogen-bond acceptors (Lipinski definition) is 6. The van der Waals surface area contributed by atoms with Crippen molar-refractivity contribution in [1.29, 1.82) is 0 Å². The van der Waals surface area contributed by atoms with Gasteiger partial charge in [0.1, 0.15) is 39.0 Å². The van der Waals surface area contributed by atoms with E-state index < -0.39 is 73.2 Å². The molecule has 0 atom stereocenters. The molecule has 178 valence electrons. The number of urea groups is 6. The molecule has 18 heteroatoms. The zero-order chi connectivity index (χ0) is 23.2. The fraction of sp³-hybridized carbons (Fsp3) is 0.625. The lowest BCUT2D eigenvalue weighted by molar-refractivity contribution is -0.0110. The van der Waals surface area contributed by atoms with E-state index >= 15 is 0 Å². The first kappa shape index (κ1) is 18.1. The third kappa shape index (κ3) is 1.82. The van der Waals surface area contributed by atoms with Crippen molar-refractivity contribution < 1.29 is 28.8 Å². The molecule has 0 aromatic rings. The van der Waals surface area contributed by atoms with Crippen LogP contribution in [0.4, 0.5) is 28.8 Å². The Labute approximate surface area is 189 Å². The molecule has 8 aliphatic rings. The lowest BCUT2D eigenvalue weighted by atomic mass is 10.3. The summed E-state index contributed by atoms with van der Waals surface area (Å²) in [4.78, 5) is 89.0. The highest BCUT2D eigenvalue weighted by atomic mass is 16.2. The molecular weight excluding hydrogens is 456 g/mol. The standard InChI is InChI=1S/C16H18N12O6/c29-11-17-5-7-21(11)1-25-9-10-27(15(25)33)3-23-8-6(19-13(23)31)20-14(32)24(8)4-28(10)16(34)26(9)2-22(7)12(30)18-5/h5-10H,1-4H2,(H,17,29)(H,18,30)(H,19,31)(H,20,32). The van der Waals surface area contributed by atoms with Gasteiger partial charge in [0.05, 0.1) is 0 Å². The van der Waals surface area contributed by atoms with Gasteiger partial charge >= 0.3 is 36.2 Å². The van der Waals surface area contributed by atoms with E-state index in [1.807, 2.05) is 0 Å². The van der Waals surface area contributed by atoms with Crippen LogP contribution < -0.4 is 21.3 Å². The van der Waals surface area contributed by atoms with Crippen molar-refractivity contribution in [2.75, 3.05) is 26.7 Å². The van der Waals surface area contributed by atoms with Gasteiger partial charge in [-0.1, -0.05) is 0 Å². The molecular formula is C16H18N12O6. The molecule has 0 aliphatic carbocycles. The second-order valence-corrected chi connectivity index (χ2v) is 9.30. The van der Waals surface area contributed by atoms with Crippen molar-refractivity contribution in [2.24, 2.45) is 0 Å². The molecule has 8 rings (SSSR count). The first-order valence-electron chi connectivity index (χ1n) is 10.8. The summed E-state index contributed by atoms with van der Waals surface area (Å²) in [6.07, 6.45) is -4.43. The molecule has 8 heterocycles. The van der Waals surface area contributed by atoms with Crippen molar-refractivity contribution in [3.63, 3.8) is 0 Å². The molecule has 0 spiro atoms. The van der Waals surface area contributed by atoms with Gasteiger partial charge in [0.25, 0.3) is 0 Å². The molecule has 0 radical (unpaired) electrons. The Hall–Kier alpha value is -4.38. The van der Waals surface area contributed by atoms with Crippen molar-refractivity contribution in [3.8, 4) is 0 Å². The summed E-state index contributed by atoms with van der Waals surface area (Å²) in [5.41, 5.74) is 0.